The number of carbonyl (C=O) groups excluding carboxylic acids is 1. The molecule has 1 aromatic carbocycles. The monoisotopic (exact) mass is 302 g/mol. The largest absolute Gasteiger partial charge is 0.343 e. The minimum Gasteiger partial charge on any atom is -0.343 e. The average molecular weight is 303 g/mol. The van der Waals surface area contributed by atoms with E-state index in [1.807, 2.05) is 0 Å². The van der Waals surface area contributed by atoms with Crippen LogP contribution in [0.2, 0.25) is 5.02 Å². The highest BCUT2D eigenvalue weighted by Crippen LogP contribution is 2.22. The third-order valence-corrected chi connectivity index (χ3v) is 3.10. The summed E-state index contributed by atoms with van der Waals surface area (Å²) in [5.41, 5.74) is 0.114. The molecule has 0 radical (unpaired) electrons. The van der Waals surface area contributed by atoms with E-state index in [-0.39, 0.29) is 21.3 Å². The molecule has 0 aliphatic rings. The number of amides is 1. The second kappa shape index (κ2) is 5.22. The number of benzene rings is 1. The molecule has 0 spiro atoms. The molecular weight excluding hydrogens is 294 g/mol. The molecule has 0 aliphatic heterocycles. The molecule has 2 aromatic rings. The Morgan fingerprint density at radius 2 is 2.11 bits per heavy atom. The van der Waals surface area contributed by atoms with Gasteiger partial charge in [-0.3, -0.25) is 4.79 Å². The van der Waals surface area contributed by atoms with Gasteiger partial charge in [-0.05, 0) is 18.2 Å². The van der Waals surface area contributed by atoms with Gasteiger partial charge in [0.25, 0.3) is 5.91 Å². The maximum absolute atomic E-state index is 13.7. The van der Waals surface area contributed by atoms with Gasteiger partial charge < -0.3 is 9.88 Å². The van der Waals surface area contributed by atoms with Crippen LogP contribution < -0.4 is 5.32 Å². The topological polar surface area (TPSA) is 34.0 Å². The quantitative estimate of drug-likeness (QED) is 0.818. The highest BCUT2D eigenvalue weighted by molar-refractivity contribution is 7.80. The van der Waals surface area contributed by atoms with Gasteiger partial charge in [-0.25, -0.2) is 8.78 Å². The molecule has 1 N–H and O–H groups in total. The molecule has 0 atom stereocenters. The molecule has 1 amide bonds. The number of aryl methyl sites for hydroxylation is 1. The number of halogens is 3. The van der Waals surface area contributed by atoms with Crippen molar-refractivity contribution in [2.45, 2.75) is 4.90 Å². The van der Waals surface area contributed by atoms with E-state index in [1.54, 1.807) is 0 Å². The van der Waals surface area contributed by atoms with Gasteiger partial charge in [0.1, 0.15) is 11.5 Å². The first-order valence-electron chi connectivity index (χ1n) is 5.20. The molecule has 0 unspecified atom stereocenters. The summed E-state index contributed by atoms with van der Waals surface area (Å²) in [7, 11) is 1.52. The summed E-state index contributed by atoms with van der Waals surface area (Å²) >= 11 is 9.48. The lowest BCUT2D eigenvalue weighted by Crippen LogP contribution is -2.17. The molecule has 0 saturated heterocycles. The Hall–Kier alpha value is -1.53. The smallest absolute Gasteiger partial charge is 0.275 e. The highest BCUT2D eigenvalue weighted by atomic mass is 35.5. The SMILES string of the molecule is Cn1cc(S)c(F)c1C(=O)Nc1ccc(F)c(Cl)c1. The fraction of sp³-hybridized carbons (Fsp3) is 0.0833. The van der Waals surface area contributed by atoms with Crippen molar-refractivity contribution in [3.05, 3.63) is 46.7 Å². The van der Waals surface area contributed by atoms with Gasteiger partial charge in [-0.1, -0.05) is 11.6 Å². The molecule has 2 rings (SSSR count). The molecule has 7 heteroatoms. The van der Waals surface area contributed by atoms with E-state index >= 15 is 0 Å². The van der Waals surface area contributed by atoms with E-state index in [0.717, 1.165) is 6.07 Å². The van der Waals surface area contributed by atoms with Crippen molar-refractivity contribution in [1.29, 1.82) is 0 Å². The van der Waals surface area contributed by atoms with E-state index < -0.39 is 17.5 Å². The van der Waals surface area contributed by atoms with Crippen LogP contribution in [0.4, 0.5) is 14.5 Å². The van der Waals surface area contributed by atoms with Crippen molar-refractivity contribution < 1.29 is 13.6 Å². The van der Waals surface area contributed by atoms with Gasteiger partial charge in [0.15, 0.2) is 5.82 Å². The Kier molecular flexibility index (Phi) is 3.82. The number of thiol groups is 1. The Labute approximate surface area is 118 Å². The fourth-order valence-electron chi connectivity index (χ4n) is 1.60. The Morgan fingerprint density at radius 1 is 1.42 bits per heavy atom. The van der Waals surface area contributed by atoms with Crippen molar-refractivity contribution >= 4 is 35.8 Å². The number of nitrogens with one attached hydrogen (secondary N) is 1. The lowest BCUT2D eigenvalue weighted by molar-refractivity contribution is 0.101. The minimum absolute atomic E-state index is 0.0739. The number of nitrogens with zero attached hydrogens (tertiary/aromatic N) is 1. The summed E-state index contributed by atoms with van der Waals surface area (Å²) in [5, 5.41) is 2.31. The van der Waals surface area contributed by atoms with Crippen molar-refractivity contribution in [2.24, 2.45) is 7.05 Å². The second-order valence-electron chi connectivity index (χ2n) is 3.87. The number of anilines is 1. The zero-order valence-corrected chi connectivity index (χ0v) is 11.4. The van der Waals surface area contributed by atoms with E-state index in [0.29, 0.717) is 0 Å². The maximum atomic E-state index is 13.7. The third kappa shape index (κ3) is 2.74. The lowest BCUT2D eigenvalue weighted by Gasteiger charge is -2.07. The summed E-state index contributed by atoms with van der Waals surface area (Å²) in [6, 6.07) is 3.70. The molecule has 1 aromatic heterocycles. The van der Waals surface area contributed by atoms with Crippen LogP contribution in [0.5, 0.6) is 0 Å². The molecule has 3 nitrogen and oxygen atoms in total. The van der Waals surface area contributed by atoms with E-state index in [4.69, 9.17) is 11.6 Å². The van der Waals surface area contributed by atoms with Crippen LogP contribution in [-0.2, 0) is 7.05 Å². The maximum Gasteiger partial charge on any atom is 0.275 e. The van der Waals surface area contributed by atoms with Gasteiger partial charge in [-0.2, -0.15) is 0 Å². The van der Waals surface area contributed by atoms with E-state index in [1.165, 1.54) is 29.9 Å². The molecule has 1 heterocycles. The fourth-order valence-corrected chi connectivity index (χ4v) is 2.06. The predicted octanol–water partition coefficient (Wildman–Crippen LogP) is 3.50. The molecule has 0 saturated carbocycles. The molecule has 19 heavy (non-hydrogen) atoms. The number of hydrogen-bond acceptors (Lipinski definition) is 2. The molecule has 0 aliphatic carbocycles. The zero-order valence-electron chi connectivity index (χ0n) is 9.75. The van der Waals surface area contributed by atoms with Gasteiger partial charge >= 0.3 is 0 Å². The summed E-state index contributed by atoms with van der Waals surface area (Å²) in [6.45, 7) is 0. The first kappa shape index (κ1) is 13.9. The number of hydrogen-bond donors (Lipinski definition) is 2. The summed E-state index contributed by atoms with van der Waals surface area (Å²) in [5.74, 6) is -1.97. The van der Waals surface area contributed by atoms with Crippen LogP contribution in [0, 0.1) is 11.6 Å². The van der Waals surface area contributed by atoms with E-state index in [2.05, 4.69) is 17.9 Å². The van der Waals surface area contributed by atoms with Gasteiger partial charge in [-0.15, -0.1) is 12.6 Å². The summed E-state index contributed by atoms with van der Waals surface area (Å²) in [4.78, 5) is 12.0. The average Bonchev–Trinajstić information content (AvgIpc) is 2.58. The van der Waals surface area contributed by atoms with Crippen LogP contribution in [0.1, 0.15) is 10.5 Å². The van der Waals surface area contributed by atoms with Crippen LogP contribution in [-0.4, -0.2) is 10.5 Å². The van der Waals surface area contributed by atoms with Crippen molar-refractivity contribution in [3.63, 3.8) is 0 Å². The predicted molar refractivity (Wildman–Crippen MR) is 72.0 cm³/mol. The third-order valence-electron chi connectivity index (χ3n) is 2.49. The Bertz CT molecular complexity index is 657. The molecule has 0 bridgehead atoms. The highest BCUT2D eigenvalue weighted by Gasteiger charge is 2.19. The van der Waals surface area contributed by atoms with Crippen molar-refractivity contribution in [1.82, 2.24) is 4.57 Å². The standard InChI is InChI=1S/C12H9ClF2N2OS/c1-17-5-9(19)10(15)11(17)12(18)16-6-2-3-8(14)7(13)4-6/h2-5,19H,1H3,(H,16,18). The number of carbonyl (C=O) groups is 1. The molecular formula is C12H9ClF2N2OS. The van der Waals surface area contributed by atoms with Crippen LogP contribution >= 0.6 is 24.2 Å². The van der Waals surface area contributed by atoms with Gasteiger partial charge in [0.2, 0.25) is 0 Å². The van der Waals surface area contributed by atoms with Crippen LogP contribution in [0.15, 0.2) is 29.3 Å². The first-order chi connectivity index (χ1) is 8.90. The van der Waals surface area contributed by atoms with Crippen molar-refractivity contribution in [3.8, 4) is 0 Å². The molecule has 100 valence electrons. The molecule has 0 fully saturated rings. The normalized spacial score (nSPS) is 10.6. The van der Waals surface area contributed by atoms with Crippen LogP contribution in [0.3, 0.4) is 0 Å². The van der Waals surface area contributed by atoms with Gasteiger partial charge in [0.05, 0.1) is 9.92 Å². The number of aromatic nitrogens is 1. The van der Waals surface area contributed by atoms with Gasteiger partial charge in [0, 0.05) is 18.9 Å². The second-order valence-corrected chi connectivity index (χ2v) is 4.76. The number of rotatable bonds is 2. The summed E-state index contributed by atoms with van der Waals surface area (Å²) < 4.78 is 28.0. The first-order valence-corrected chi connectivity index (χ1v) is 6.03. The Morgan fingerprint density at radius 3 is 2.63 bits per heavy atom. The lowest BCUT2D eigenvalue weighted by atomic mass is 10.3. The van der Waals surface area contributed by atoms with Crippen LogP contribution in [0.25, 0.3) is 0 Å². The Balaban J connectivity index is 2.28. The zero-order chi connectivity index (χ0) is 14.2. The van der Waals surface area contributed by atoms with Crippen molar-refractivity contribution in [2.75, 3.05) is 5.32 Å². The summed E-state index contributed by atoms with van der Waals surface area (Å²) in [6.07, 6.45) is 1.38. The van der Waals surface area contributed by atoms with E-state index in [9.17, 15) is 13.6 Å². The minimum atomic E-state index is -0.712.